The summed E-state index contributed by atoms with van der Waals surface area (Å²) in [5, 5.41) is 5.19. The molecule has 0 aliphatic heterocycles. The van der Waals surface area contributed by atoms with Crippen LogP contribution in [-0.2, 0) is 16.0 Å². The third-order valence-electron chi connectivity index (χ3n) is 5.62. The van der Waals surface area contributed by atoms with Gasteiger partial charge in [-0.1, -0.05) is 72.1 Å². The third kappa shape index (κ3) is 5.95. The van der Waals surface area contributed by atoms with E-state index in [4.69, 9.17) is 0 Å². The van der Waals surface area contributed by atoms with Gasteiger partial charge in [-0.05, 0) is 48.9 Å². The number of hydrogen-bond acceptors (Lipinski definition) is 3. The standard InChI is InChI=1S/C25H29BrN2O2S/c1-3-19(4-2)28(23(29)17-20-13-10-16-31-20)24(21-14-8-9-15-22(21)26)25(30)27-18-11-6-5-7-12-18/h3-4,8-10,13-16,18,24H,1,5-7,11-12,17H2,2H3,(H,27,30). The maximum atomic E-state index is 13.7. The topological polar surface area (TPSA) is 49.4 Å². The second-order valence-electron chi connectivity index (χ2n) is 7.71. The Balaban J connectivity index is 2.01. The molecule has 1 aliphatic carbocycles. The fraction of sp³-hybridized carbons (Fsp3) is 0.360. The van der Waals surface area contributed by atoms with E-state index in [1.54, 1.807) is 22.3 Å². The normalized spacial score (nSPS) is 15.9. The lowest BCUT2D eigenvalue weighted by molar-refractivity contribution is -0.138. The van der Waals surface area contributed by atoms with Crippen LogP contribution >= 0.6 is 27.3 Å². The Morgan fingerprint density at radius 2 is 1.97 bits per heavy atom. The van der Waals surface area contributed by atoms with E-state index in [0.717, 1.165) is 40.6 Å². The van der Waals surface area contributed by atoms with Crippen molar-refractivity contribution in [1.29, 1.82) is 0 Å². The molecule has 31 heavy (non-hydrogen) atoms. The Labute approximate surface area is 197 Å². The first-order valence-electron chi connectivity index (χ1n) is 10.7. The van der Waals surface area contributed by atoms with Gasteiger partial charge in [-0.15, -0.1) is 11.3 Å². The van der Waals surface area contributed by atoms with Crippen LogP contribution in [0.15, 0.2) is 70.7 Å². The van der Waals surface area contributed by atoms with Crippen LogP contribution in [0.2, 0.25) is 0 Å². The van der Waals surface area contributed by atoms with Crippen LogP contribution in [-0.4, -0.2) is 22.8 Å². The maximum Gasteiger partial charge on any atom is 0.248 e. The predicted molar refractivity (Wildman–Crippen MR) is 131 cm³/mol. The summed E-state index contributed by atoms with van der Waals surface area (Å²) < 4.78 is 0.798. The molecule has 3 rings (SSSR count). The summed E-state index contributed by atoms with van der Waals surface area (Å²) in [7, 11) is 0. The monoisotopic (exact) mass is 500 g/mol. The van der Waals surface area contributed by atoms with Crippen molar-refractivity contribution in [3.8, 4) is 0 Å². The van der Waals surface area contributed by atoms with E-state index in [1.807, 2.05) is 54.8 Å². The van der Waals surface area contributed by atoms with Crippen LogP contribution in [0.5, 0.6) is 0 Å². The fourth-order valence-electron chi connectivity index (χ4n) is 4.06. The number of nitrogens with one attached hydrogen (secondary N) is 1. The number of nitrogens with zero attached hydrogens (tertiary/aromatic N) is 1. The van der Waals surface area contributed by atoms with Gasteiger partial charge in [0.05, 0.1) is 6.42 Å². The van der Waals surface area contributed by atoms with E-state index in [9.17, 15) is 9.59 Å². The maximum absolute atomic E-state index is 13.7. The van der Waals surface area contributed by atoms with E-state index in [1.165, 1.54) is 6.42 Å². The first-order chi connectivity index (χ1) is 15.0. The van der Waals surface area contributed by atoms with Gasteiger partial charge in [0.15, 0.2) is 0 Å². The molecule has 1 atom stereocenters. The van der Waals surface area contributed by atoms with Gasteiger partial charge in [0.1, 0.15) is 6.04 Å². The molecule has 6 heteroatoms. The zero-order valence-electron chi connectivity index (χ0n) is 17.9. The highest BCUT2D eigenvalue weighted by molar-refractivity contribution is 9.10. The lowest BCUT2D eigenvalue weighted by Crippen LogP contribution is -2.47. The third-order valence-corrected chi connectivity index (χ3v) is 7.21. The summed E-state index contributed by atoms with van der Waals surface area (Å²) in [4.78, 5) is 29.8. The van der Waals surface area contributed by atoms with Crippen molar-refractivity contribution in [1.82, 2.24) is 10.2 Å². The molecule has 0 bridgehead atoms. The van der Waals surface area contributed by atoms with Crippen LogP contribution in [0.4, 0.5) is 0 Å². The lowest BCUT2D eigenvalue weighted by atomic mass is 9.94. The molecule has 1 aliphatic rings. The molecular formula is C25H29BrN2O2S. The van der Waals surface area contributed by atoms with Gasteiger partial charge >= 0.3 is 0 Å². The largest absolute Gasteiger partial charge is 0.351 e. The molecule has 0 radical (unpaired) electrons. The number of carbonyl (C=O) groups is 2. The highest BCUT2D eigenvalue weighted by atomic mass is 79.9. The van der Waals surface area contributed by atoms with Gasteiger partial charge in [-0.3, -0.25) is 14.5 Å². The smallest absolute Gasteiger partial charge is 0.248 e. The second kappa shape index (κ2) is 11.4. The van der Waals surface area contributed by atoms with E-state index in [0.29, 0.717) is 5.70 Å². The SMILES string of the molecule is C=CC(=CC)N(C(=O)Cc1cccs1)C(C(=O)NC1CCCCC1)c1ccccc1Br. The molecule has 1 aromatic heterocycles. The minimum atomic E-state index is -0.783. The molecule has 1 fully saturated rings. The van der Waals surface area contributed by atoms with Crippen molar-refractivity contribution in [2.45, 2.75) is 57.5 Å². The zero-order chi connectivity index (χ0) is 22.2. The number of hydrogen-bond donors (Lipinski definition) is 1. The number of allylic oxidation sites excluding steroid dienone is 2. The van der Waals surface area contributed by atoms with E-state index in [2.05, 4.69) is 27.8 Å². The zero-order valence-corrected chi connectivity index (χ0v) is 20.3. The predicted octanol–water partition coefficient (Wildman–Crippen LogP) is 6.16. The van der Waals surface area contributed by atoms with Crippen LogP contribution in [0.1, 0.15) is 55.5 Å². The molecule has 0 saturated heterocycles. The number of amides is 2. The molecule has 2 aromatic rings. The molecule has 1 unspecified atom stereocenters. The number of benzene rings is 1. The highest BCUT2D eigenvalue weighted by Gasteiger charge is 2.35. The van der Waals surface area contributed by atoms with Gasteiger partial charge in [0.25, 0.3) is 0 Å². The van der Waals surface area contributed by atoms with Crippen LogP contribution in [0.3, 0.4) is 0 Å². The highest BCUT2D eigenvalue weighted by Crippen LogP contribution is 2.33. The van der Waals surface area contributed by atoms with Crippen molar-refractivity contribution in [2.75, 3.05) is 0 Å². The van der Waals surface area contributed by atoms with Gasteiger partial charge in [-0.25, -0.2) is 0 Å². The quantitative estimate of drug-likeness (QED) is 0.441. The molecule has 1 aromatic carbocycles. The first-order valence-corrected chi connectivity index (χ1v) is 12.4. The van der Waals surface area contributed by atoms with Gasteiger partial charge in [0.2, 0.25) is 11.8 Å². The summed E-state index contributed by atoms with van der Waals surface area (Å²) in [6, 6.07) is 10.9. The summed E-state index contributed by atoms with van der Waals surface area (Å²) in [6.07, 6.45) is 9.13. The van der Waals surface area contributed by atoms with E-state index < -0.39 is 6.04 Å². The first kappa shape index (κ1) is 23.5. The second-order valence-corrected chi connectivity index (χ2v) is 9.59. The van der Waals surface area contributed by atoms with Crippen molar-refractivity contribution < 1.29 is 9.59 Å². The number of rotatable bonds is 8. The molecule has 2 amide bonds. The Morgan fingerprint density at radius 1 is 1.23 bits per heavy atom. The van der Waals surface area contributed by atoms with E-state index >= 15 is 0 Å². The fourth-order valence-corrected chi connectivity index (χ4v) is 5.26. The van der Waals surface area contributed by atoms with Crippen molar-refractivity contribution in [3.05, 3.63) is 81.1 Å². The Morgan fingerprint density at radius 3 is 2.58 bits per heavy atom. The van der Waals surface area contributed by atoms with Crippen LogP contribution in [0, 0.1) is 0 Å². The van der Waals surface area contributed by atoms with Gasteiger partial charge < -0.3 is 5.32 Å². The molecule has 0 spiro atoms. The average molecular weight is 501 g/mol. The number of thiophene rings is 1. The Kier molecular flexibility index (Phi) is 8.67. The molecule has 1 heterocycles. The number of carbonyl (C=O) groups excluding carboxylic acids is 2. The van der Waals surface area contributed by atoms with Gasteiger partial charge in [-0.2, -0.15) is 0 Å². The summed E-state index contributed by atoms with van der Waals surface area (Å²) in [6.45, 7) is 5.76. The average Bonchev–Trinajstić information content (AvgIpc) is 3.28. The Bertz CT molecular complexity index is 933. The molecular weight excluding hydrogens is 472 g/mol. The summed E-state index contributed by atoms with van der Waals surface area (Å²) in [5.74, 6) is -0.283. The molecule has 4 nitrogen and oxygen atoms in total. The molecule has 164 valence electrons. The van der Waals surface area contributed by atoms with Crippen molar-refractivity contribution >= 4 is 39.1 Å². The lowest BCUT2D eigenvalue weighted by Gasteiger charge is -2.34. The minimum Gasteiger partial charge on any atom is -0.351 e. The minimum absolute atomic E-state index is 0.130. The Hall–Kier alpha value is -2.18. The number of halogens is 1. The van der Waals surface area contributed by atoms with Crippen LogP contribution < -0.4 is 5.32 Å². The molecule has 1 N–H and O–H groups in total. The van der Waals surface area contributed by atoms with Gasteiger partial charge in [0, 0.05) is 21.1 Å². The van der Waals surface area contributed by atoms with Crippen molar-refractivity contribution in [2.24, 2.45) is 0 Å². The van der Waals surface area contributed by atoms with Crippen LogP contribution in [0.25, 0.3) is 0 Å². The van der Waals surface area contributed by atoms with E-state index in [-0.39, 0.29) is 24.3 Å². The summed E-state index contributed by atoms with van der Waals surface area (Å²) >= 11 is 5.14. The summed E-state index contributed by atoms with van der Waals surface area (Å²) in [5.41, 5.74) is 1.39. The van der Waals surface area contributed by atoms with Crippen molar-refractivity contribution in [3.63, 3.8) is 0 Å². The molecule has 1 saturated carbocycles.